The molecule has 0 aliphatic heterocycles. The predicted molar refractivity (Wildman–Crippen MR) is 106 cm³/mol. The molecule has 0 radical (unpaired) electrons. The average molecular weight is 380 g/mol. The van der Waals surface area contributed by atoms with E-state index in [2.05, 4.69) is 5.32 Å². The monoisotopic (exact) mass is 380 g/mol. The van der Waals surface area contributed by atoms with Gasteiger partial charge in [0.1, 0.15) is 5.75 Å². The highest BCUT2D eigenvalue weighted by atomic mass is 16.5. The first-order valence-electron chi connectivity index (χ1n) is 9.67. The maximum atomic E-state index is 12.5. The molecule has 1 N–H and O–H groups in total. The van der Waals surface area contributed by atoms with Crippen LogP contribution in [0.2, 0.25) is 0 Å². The van der Waals surface area contributed by atoms with Crippen LogP contribution in [0.15, 0.2) is 57.7 Å². The Labute approximate surface area is 163 Å². The van der Waals surface area contributed by atoms with Crippen molar-refractivity contribution in [3.05, 3.63) is 64.6 Å². The molecule has 0 bridgehead atoms. The van der Waals surface area contributed by atoms with Gasteiger partial charge in [0.25, 0.3) is 0 Å². The van der Waals surface area contributed by atoms with E-state index < -0.39 is 0 Å². The number of carbonyl (C=O) groups excluding carboxylic acids is 1. The Morgan fingerprint density at radius 3 is 2.68 bits per heavy atom. The number of rotatable bonds is 8. The summed E-state index contributed by atoms with van der Waals surface area (Å²) in [5.41, 5.74) is 2.45. The summed E-state index contributed by atoms with van der Waals surface area (Å²) in [6.07, 6.45) is 3.21. The largest absolute Gasteiger partial charge is 0.497 e. The number of hydrogen-bond acceptors (Lipinski definition) is 4. The van der Waals surface area contributed by atoms with E-state index in [0.717, 1.165) is 29.7 Å². The second-order valence-electron chi connectivity index (χ2n) is 7.25. The van der Waals surface area contributed by atoms with Crippen molar-refractivity contribution in [2.45, 2.75) is 38.3 Å². The second-order valence-corrected chi connectivity index (χ2v) is 7.25. The molecule has 146 valence electrons. The number of benzene rings is 2. The number of fused-ring (bicyclic) bond motifs is 1. The van der Waals surface area contributed by atoms with Crippen molar-refractivity contribution in [3.63, 3.8) is 0 Å². The number of methoxy groups -OCH3 is 1. The minimum Gasteiger partial charge on any atom is -0.497 e. The topological polar surface area (TPSA) is 73.5 Å². The van der Waals surface area contributed by atoms with E-state index in [1.807, 2.05) is 42.5 Å². The molecule has 0 spiro atoms. The summed E-state index contributed by atoms with van der Waals surface area (Å²) in [4.78, 5) is 24.5. The Balaban J connectivity index is 1.36. The number of aromatic nitrogens is 1. The third kappa shape index (κ3) is 3.96. The average Bonchev–Trinajstić information content (AvgIpc) is 3.50. The quantitative estimate of drug-likeness (QED) is 0.647. The molecule has 1 atom stereocenters. The lowest BCUT2D eigenvalue weighted by atomic mass is 10.0. The maximum Gasteiger partial charge on any atom is 0.419 e. The van der Waals surface area contributed by atoms with Gasteiger partial charge in [0, 0.05) is 13.0 Å². The molecule has 1 amide bonds. The third-order valence-electron chi connectivity index (χ3n) is 5.24. The summed E-state index contributed by atoms with van der Waals surface area (Å²) >= 11 is 0. The first-order valence-corrected chi connectivity index (χ1v) is 9.67. The molecule has 1 heterocycles. The molecule has 3 aromatic rings. The van der Waals surface area contributed by atoms with E-state index in [-0.39, 0.29) is 17.7 Å². The Morgan fingerprint density at radius 1 is 1.21 bits per heavy atom. The highest BCUT2D eigenvalue weighted by Gasteiger charge is 2.33. The minimum absolute atomic E-state index is 0.00793. The van der Waals surface area contributed by atoms with Crippen LogP contribution in [0.25, 0.3) is 11.1 Å². The van der Waals surface area contributed by atoms with Crippen LogP contribution in [0, 0.1) is 5.92 Å². The fourth-order valence-corrected chi connectivity index (χ4v) is 3.58. The Hall–Kier alpha value is -3.02. The first-order chi connectivity index (χ1) is 13.7. The van der Waals surface area contributed by atoms with Crippen molar-refractivity contribution in [3.8, 4) is 5.75 Å². The highest BCUT2D eigenvalue weighted by Crippen LogP contribution is 2.41. The van der Waals surface area contributed by atoms with Crippen LogP contribution in [0.1, 0.15) is 37.3 Å². The molecular weight excluding hydrogens is 356 g/mol. The molecule has 0 saturated heterocycles. The zero-order chi connectivity index (χ0) is 19.5. The van der Waals surface area contributed by atoms with Gasteiger partial charge in [0.05, 0.1) is 18.7 Å². The van der Waals surface area contributed by atoms with Crippen molar-refractivity contribution < 1.29 is 13.9 Å². The van der Waals surface area contributed by atoms with Gasteiger partial charge in [-0.25, -0.2) is 4.79 Å². The zero-order valence-electron chi connectivity index (χ0n) is 15.9. The molecule has 1 aliphatic rings. The molecule has 1 unspecified atom stereocenters. The van der Waals surface area contributed by atoms with Crippen molar-refractivity contribution >= 4 is 17.0 Å². The summed E-state index contributed by atoms with van der Waals surface area (Å²) < 4.78 is 12.0. The van der Waals surface area contributed by atoms with Crippen LogP contribution in [-0.4, -0.2) is 17.6 Å². The lowest BCUT2D eigenvalue weighted by Crippen LogP contribution is -2.30. The van der Waals surface area contributed by atoms with E-state index in [4.69, 9.17) is 9.15 Å². The normalized spacial score (nSPS) is 14.8. The first kappa shape index (κ1) is 18.3. The number of carbonyl (C=O) groups is 1. The van der Waals surface area contributed by atoms with Gasteiger partial charge in [-0.1, -0.05) is 24.3 Å². The van der Waals surface area contributed by atoms with Crippen LogP contribution >= 0.6 is 0 Å². The van der Waals surface area contributed by atoms with Crippen LogP contribution in [0.5, 0.6) is 5.75 Å². The summed E-state index contributed by atoms with van der Waals surface area (Å²) in [6.45, 7) is 0.458. The number of aryl methyl sites for hydroxylation is 1. The second kappa shape index (κ2) is 7.92. The highest BCUT2D eigenvalue weighted by molar-refractivity contribution is 5.76. The molecule has 6 heteroatoms. The smallest absolute Gasteiger partial charge is 0.419 e. The fourth-order valence-electron chi connectivity index (χ4n) is 3.58. The summed E-state index contributed by atoms with van der Waals surface area (Å²) in [5.74, 6) is 0.935. The molecule has 28 heavy (non-hydrogen) atoms. The molecule has 1 saturated carbocycles. The number of nitrogens with one attached hydrogen (secondary N) is 1. The van der Waals surface area contributed by atoms with Crippen molar-refractivity contribution in [2.24, 2.45) is 5.92 Å². The summed E-state index contributed by atoms with van der Waals surface area (Å²) in [5, 5.41) is 3.17. The number of amides is 1. The number of nitrogens with zero attached hydrogens (tertiary/aromatic N) is 1. The Morgan fingerprint density at radius 2 is 1.96 bits per heavy atom. The van der Waals surface area contributed by atoms with Crippen LogP contribution in [-0.2, 0) is 11.3 Å². The van der Waals surface area contributed by atoms with Crippen molar-refractivity contribution in [1.82, 2.24) is 9.88 Å². The molecule has 1 aromatic heterocycles. The molecule has 6 nitrogen and oxygen atoms in total. The molecule has 1 fully saturated rings. The fraction of sp³-hybridized carbons (Fsp3) is 0.364. The van der Waals surface area contributed by atoms with Crippen molar-refractivity contribution in [1.29, 1.82) is 0 Å². The van der Waals surface area contributed by atoms with E-state index in [0.29, 0.717) is 30.9 Å². The van der Waals surface area contributed by atoms with Crippen molar-refractivity contribution in [2.75, 3.05) is 7.11 Å². The van der Waals surface area contributed by atoms with E-state index >= 15 is 0 Å². The van der Waals surface area contributed by atoms with Gasteiger partial charge in [-0.2, -0.15) is 0 Å². The Kier molecular flexibility index (Phi) is 5.19. The van der Waals surface area contributed by atoms with Gasteiger partial charge >= 0.3 is 5.76 Å². The number of oxazole rings is 1. The van der Waals surface area contributed by atoms with Crippen LogP contribution in [0.3, 0.4) is 0 Å². The zero-order valence-corrected chi connectivity index (χ0v) is 15.9. The predicted octanol–water partition coefficient (Wildman–Crippen LogP) is 3.65. The van der Waals surface area contributed by atoms with Gasteiger partial charge < -0.3 is 14.5 Å². The van der Waals surface area contributed by atoms with E-state index in [1.165, 1.54) is 0 Å². The maximum absolute atomic E-state index is 12.5. The molecular formula is C22H24N2O4. The molecule has 4 rings (SSSR count). The van der Waals surface area contributed by atoms with Gasteiger partial charge in [-0.15, -0.1) is 0 Å². The summed E-state index contributed by atoms with van der Waals surface area (Å²) in [7, 11) is 1.64. The Bertz CT molecular complexity index is 1010. The van der Waals surface area contributed by atoms with E-state index in [9.17, 15) is 9.59 Å². The third-order valence-corrected chi connectivity index (χ3v) is 5.24. The van der Waals surface area contributed by atoms with Gasteiger partial charge in [-0.05, 0) is 55.0 Å². The van der Waals surface area contributed by atoms with Crippen LogP contribution in [0.4, 0.5) is 0 Å². The van der Waals surface area contributed by atoms with Crippen LogP contribution < -0.4 is 15.8 Å². The standard InChI is InChI=1S/C22H24N2O4/c1-27-17-12-10-16(11-13-17)21(15-8-9-15)23-20(25)7-4-14-24-18-5-2-3-6-19(18)28-22(24)26/h2-3,5-6,10-13,15,21H,4,7-9,14H2,1H3,(H,23,25). The molecule has 2 aromatic carbocycles. The lowest BCUT2D eigenvalue weighted by molar-refractivity contribution is -0.122. The summed E-state index contributed by atoms with van der Waals surface area (Å²) in [6, 6.07) is 15.2. The van der Waals surface area contributed by atoms with Gasteiger partial charge in [-0.3, -0.25) is 9.36 Å². The van der Waals surface area contributed by atoms with Gasteiger partial charge in [0.2, 0.25) is 5.91 Å². The number of hydrogen-bond donors (Lipinski definition) is 1. The number of ether oxygens (including phenoxy) is 1. The number of para-hydroxylation sites is 2. The molecule has 1 aliphatic carbocycles. The van der Waals surface area contributed by atoms with Gasteiger partial charge in [0.15, 0.2) is 5.58 Å². The van der Waals surface area contributed by atoms with E-state index in [1.54, 1.807) is 17.7 Å². The minimum atomic E-state index is -0.379. The SMILES string of the molecule is COc1ccc(C(NC(=O)CCCn2c(=O)oc3ccccc32)C2CC2)cc1. The lowest BCUT2D eigenvalue weighted by Gasteiger charge is -2.19.